The molecule has 0 unspecified atom stereocenters. The monoisotopic (exact) mass is 148 g/mol. The van der Waals surface area contributed by atoms with Gasteiger partial charge in [-0.25, -0.2) is 4.98 Å². The minimum absolute atomic E-state index is 0. The summed E-state index contributed by atoms with van der Waals surface area (Å²) in [5.74, 6) is 0.0324. The molecule has 0 aromatic carbocycles. The Morgan fingerprint density at radius 2 is 2.33 bits per heavy atom. The highest BCUT2D eigenvalue weighted by Gasteiger charge is 1.97. The molecule has 0 atom stereocenters. The van der Waals surface area contributed by atoms with E-state index in [-0.39, 0.29) is 18.2 Å². The van der Waals surface area contributed by atoms with Gasteiger partial charge in [-0.15, -0.1) is 12.4 Å². The van der Waals surface area contributed by atoms with Gasteiger partial charge in [0.2, 0.25) is 0 Å². The molecule has 1 aromatic heterocycles. The van der Waals surface area contributed by atoms with Crippen LogP contribution in [-0.4, -0.2) is 9.91 Å². The first-order valence-electron chi connectivity index (χ1n) is 2.08. The lowest BCUT2D eigenvalue weighted by atomic mass is 10.6. The van der Waals surface area contributed by atoms with Crippen molar-refractivity contribution in [1.82, 2.24) is 4.98 Å². The highest BCUT2D eigenvalue weighted by Crippen LogP contribution is 2.02. The zero-order valence-corrected chi connectivity index (χ0v) is 5.22. The van der Waals surface area contributed by atoms with Crippen molar-refractivity contribution in [3.8, 4) is 0 Å². The van der Waals surface area contributed by atoms with Crippen LogP contribution in [0.25, 0.3) is 0 Å². The second-order valence-electron chi connectivity index (χ2n) is 1.31. The lowest BCUT2D eigenvalue weighted by Crippen LogP contribution is -1.85. The van der Waals surface area contributed by atoms with E-state index in [2.05, 4.69) is 4.98 Å². The highest BCUT2D eigenvalue weighted by molar-refractivity contribution is 5.85. The molecule has 0 saturated carbocycles. The van der Waals surface area contributed by atoms with E-state index in [1.165, 1.54) is 12.3 Å². The summed E-state index contributed by atoms with van der Waals surface area (Å²) in [5, 5.41) is 9.84. The number of H-pyrrole nitrogens is 1. The number of nitrogens with zero attached hydrogens (tertiary/aromatic N) is 1. The molecule has 0 fully saturated rings. The maximum absolute atomic E-state index is 9.84. The van der Waals surface area contributed by atoms with Gasteiger partial charge in [0.05, 0.1) is 6.20 Å². The molecule has 0 aliphatic rings. The molecule has 0 aliphatic heterocycles. The fourth-order valence-corrected chi connectivity index (χ4v) is 0.434. The molecule has 1 rings (SSSR count). The molecule has 0 amide bonds. The van der Waals surface area contributed by atoms with Crippen molar-refractivity contribution in [3.63, 3.8) is 0 Å². The van der Waals surface area contributed by atoms with Gasteiger partial charge in [0, 0.05) is 6.07 Å². The predicted molar refractivity (Wildman–Crippen MR) is 34.7 cm³/mol. The van der Waals surface area contributed by atoms with E-state index in [4.69, 9.17) is 0 Å². The number of hydrogen-bond acceptors (Lipinski definition) is 2. The van der Waals surface area contributed by atoms with E-state index < -0.39 is 4.92 Å². The lowest BCUT2D eigenvalue weighted by Gasteiger charge is -1.84. The van der Waals surface area contributed by atoms with Crippen LogP contribution in [0, 0.1) is 10.1 Å². The highest BCUT2D eigenvalue weighted by atomic mass is 35.5. The van der Waals surface area contributed by atoms with E-state index >= 15 is 0 Å². The minimum atomic E-state index is -0.472. The first kappa shape index (κ1) is 7.97. The molecule has 0 bridgehead atoms. The molecule has 0 aliphatic carbocycles. The summed E-state index contributed by atoms with van der Waals surface area (Å²) in [4.78, 5) is 11.8. The van der Waals surface area contributed by atoms with Crippen molar-refractivity contribution < 1.29 is 4.92 Å². The van der Waals surface area contributed by atoms with Crippen LogP contribution in [0.5, 0.6) is 0 Å². The molecular weight excluding hydrogens is 144 g/mol. The van der Waals surface area contributed by atoms with Gasteiger partial charge in [-0.05, 0) is 11.0 Å². The van der Waals surface area contributed by atoms with Crippen LogP contribution in [0.4, 0.5) is 5.82 Å². The molecule has 0 saturated heterocycles. The predicted octanol–water partition coefficient (Wildman–Crippen LogP) is 1.34. The van der Waals surface area contributed by atoms with Crippen LogP contribution in [0.15, 0.2) is 18.3 Å². The number of nitrogens with one attached hydrogen (secondary N) is 1. The molecule has 1 N–H and O–H groups in total. The summed E-state index contributed by atoms with van der Waals surface area (Å²) < 4.78 is 0. The van der Waals surface area contributed by atoms with E-state index in [9.17, 15) is 10.1 Å². The molecular formula is C4H5ClN2O2. The summed E-state index contributed by atoms with van der Waals surface area (Å²) in [5.41, 5.74) is 0. The summed E-state index contributed by atoms with van der Waals surface area (Å²) in [7, 11) is 0. The first-order valence-corrected chi connectivity index (χ1v) is 2.08. The third-order valence-electron chi connectivity index (χ3n) is 0.778. The Labute approximate surface area is 57.4 Å². The Morgan fingerprint density at radius 1 is 1.67 bits per heavy atom. The Hall–Kier alpha value is -1.03. The topological polar surface area (TPSA) is 58.9 Å². The third kappa shape index (κ3) is 1.73. The van der Waals surface area contributed by atoms with Gasteiger partial charge in [-0.1, -0.05) is 0 Å². The zero-order chi connectivity index (χ0) is 5.98. The molecule has 0 radical (unpaired) electrons. The zero-order valence-electron chi connectivity index (χ0n) is 4.40. The molecule has 4 nitrogen and oxygen atoms in total. The summed E-state index contributed by atoms with van der Waals surface area (Å²) in [6.07, 6.45) is 1.51. The first-order chi connectivity index (χ1) is 3.80. The van der Waals surface area contributed by atoms with Crippen LogP contribution in [0.3, 0.4) is 0 Å². The Kier molecular flexibility index (Phi) is 2.73. The maximum Gasteiger partial charge on any atom is 0.320 e. The summed E-state index contributed by atoms with van der Waals surface area (Å²) >= 11 is 0. The lowest BCUT2D eigenvalue weighted by molar-refractivity contribution is -0.389. The van der Waals surface area contributed by atoms with Gasteiger partial charge >= 0.3 is 5.82 Å². The van der Waals surface area contributed by atoms with Crippen LogP contribution in [-0.2, 0) is 0 Å². The number of aromatic amines is 1. The van der Waals surface area contributed by atoms with Crippen LogP contribution >= 0.6 is 12.4 Å². The van der Waals surface area contributed by atoms with Crippen molar-refractivity contribution in [2.75, 3.05) is 0 Å². The maximum atomic E-state index is 9.84. The molecule has 50 valence electrons. The van der Waals surface area contributed by atoms with E-state index in [0.29, 0.717) is 0 Å². The van der Waals surface area contributed by atoms with Crippen molar-refractivity contribution in [3.05, 3.63) is 28.4 Å². The Bertz CT molecular complexity index is 184. The van der Waals surface area contributed by atoms with Gasteiger partial charge in [0.15, 0.2) is 0 Å². The van der Waals surface area contributed by atoms with Crippen molar-refractivity contribution in [2.24, 2.45) is 0 Å². The van der Waals surface area contributed by atoms with Crippen LogP contribution in [0.2, 0.25) is 0 Å². The molecule has 5 heteroatoms. The minimum Gasteiger partial charge on any atom is -0.358 e. The van der Waals surface area contributed by atoms with Gasteiger partial charge < -0.3 is 10.1 Å². The van der Waals surface area contributed by atoms with Crippen LogP contribution in [0.1, 0.15) is 0 Å². The smallest absolute Gasteiger partial charge is 0.320 e. The standard InChI is InChI=1S/C4H4N2O2.ClH/c7-6(8)4-2-1-3-5-4;/h1-3,5H;1H. The average Bonchev–Trinajstić information content (AvgIpc) is 2.12. The number of nitro groups is 1. The number of halogens is 1. The normalized spacial score (nSPS) is 8.00. The fourth-order valence-electron chi connectivity index (χ4n) is 0.434. The van der Waals surface area contributed by atoms with Crippen molar-refractivity contribution in [2.45, 2.75) is 0 Å². The van der Waals surface area contributed by atoms with Gasteiger partial charge in [0.1, 0.15) is 0 Å². The van der Waals surface area contributed by atoms with Gasteiger partial charge in [0.25, 0.3) is 0 Å². The Morgan fingerprint density at radius 3 is 2.56 bits per heavy atom. The largest absolute Gasteiger partial charge is 0.358 e. The van der Waals surface area contributed by atoms with Crippen molar-refractivity contribution >= 4 is 18.2 Å². The molecule has 1 heterocycles. The summed E-state index contributed by atoms with van der Waals surface area (Å²) in [6, 6.07) is 2.98. The summed E-state index contributed by atoms with van der Waals surface area (Å²) in [6.45, 7) is 0. The van der Waals surface area contributed by atoms with Gasteiger partial charge in [-0.2, -0.15) is 0 Å². The number of rotatable bonds is 1. The number of hydrogen-bond donors (Lipinski definition) is 1. The second kappa shape index (κ2) is 3.09. The molecule has 1 aromatic rings. The Balaban J connectivity index is 0.000000640. The fraction of sp³-hybridized carbons (Fsp3) is 0. The van der Waals surface area contributed by atoms with Crippen LogP contribution < -0.4 is 0 Å². The van der Waals surface area contributed by atoms with E-state index in [1.54, 1.807) is 6.07 Å². The number of aromatic nitrogens is 1. The van der Waals surface area contributed by atoms with Gasteiger partial charge in [-0.3, -0.25) is 0 Å². The average molecular weight is 149 g/mol. The SMILES string of the molecule is Cl.O=[N+]([O-])c1ccc[nH]1. The quantitative estimate of drug-likeness (QED) is 0.483. The van der Waals surface area contributed by atoms with E-state index in [1.807, 2.05) is 0 Å². The molecule has 9 heavy (non-hydrogen) atoms. The third-order valence-corrected chi connectivity index (χ3v) is 0.778. The van der Waals surface area contributed by atoms with E-state index in [0.717, 1.165) is 0 Å². The second-order valence-corrected chi connectivity index (χ2v) is 1.31. The molecule has 0 spiro atoms. The van der Waals surface area contributed by atoms with Crippen molar-refractivity contribution in [1.29, 1.82) is 0 Å².